The van der Waals surface area contributed by atoms with Crippen molar-refractivity contribution in [3.05, 3.63) is 88.4 Å². The second-order valence-electron chi connectivity index (χ2n) is 11.3. The summed E-state index contributed by atoms with van der Waals surface area (Å²) >= 11 is 12.6. The molecule has 1 amide bonds. The molecular weight excluding hydrogens is 623 g/mol. The maximum absolute atomic E-state index is 13.3. The monoisotopic (exact) mass is 660 g/mol. The number of ether oxygens (including phenoxy) is 2. The predicted molar refractivity (Wildman–Crippen MR) is 173 cm³/mol. The van der Waals surface area contributed by atoms with Crippen molar-refractivity contribution in [1.29, 1.82) is 0 Å². The molecule has 12 heteroatoms. The van der Waals surface area contributed by atoms with Gasteiger partial charge in [0, 0.05) is 44.5 Å². The number of benzene rings is 3. The Kier molecular flexibility index (Phi) is 10.1. The maximum atomic E-state index is 13.3. The highest BCUT2D eigenvalue weighted by atomic mass is 35.5. The lowest BCUT2D eigenvalue weighted by Crippen LogP contribution is -2.57. The molecule has 3 aromatic rings. The summed E-state index contributed by atoms with van der Waals surface area (Å²) < 4.78 is 40.1. The number of anilines is 1. The van der Waals surface area contributed by atoms with E-state index in [1.165, 1.54) is 4.31 Å². The molecule has 2 heterocycles. The molecule has 5 rings (SSSR count). The van der Waals surface area contributed by atoms with Gasteiger partial charge in [-0.15, -0.1) is 0 Å². The first kappa shape index (κ1) is 32.5. The number of amides is 1. The summed E-state index contributed by atoms with van der Waals surface area (Å²) in [6.45, 7) is 2.98. The minimum absolute atomic E-state index is 0.279. The Labute approximate surface area is 269 Å². The molecular formula is C32H38Cl2N4O5S. The topological polar surface area (TPSA) is 114 Å². The van der Waals surface area contributed by atoms with E-state index < -0.39 is 21.2 Å². The number of nitrogens with zero attached hydrogens (tertiary/aromatic N) is 2. The normalized spacial score (nSPS) is 18.9. The van der Waals surface area contributed by atoms with E-state index >= 15 is 0 Å². The summed E-state index contributed by atoms with van der Waals surface area (Å²) in [5.74, 6) is 0.315. The Morgan fingerprint density at radius 3 is 2.25 bits per heavy atom. The molecule has 2 aliphatic heterocycles. The third-order valence-electron chi connectivity index (χ3n) is 8.78. The van der Waals surface area contributed by atoms with Gasteiger partial charge >= 0.3 is 0 Å². The Bertz CT molecular complexity index is 1560. The Morgan fingerprint density at radius 2 is 1.61 bits per heavy atom. The van der Waals surface area contributed by atoms with Crippen LogP contribution in [0.2, 0.25) is 10.0 Å². The highest BCUT2D eigenvalue weighted by molar-refractivity contribution is 7.89. The molecule has 0 unspecified atom stereocenters. The van der Waals surface area contributed by atoms with Gasteiger partial charge in [-0.1, -0.05) is 53.5 Å². The van der Waals surface area contributed by atoms with Gasteiger partial charge in [0.1, 0.15) is 11.3 Å². The average Bonchev–Trinajstić information content (AvgIpc) is 3.04. The van der Waals surface area contributed by atoms with Crippen LogP contribution in [0.3, 0.4) is 0 Å². The van der Waals surface area contributed by atoms with E-state index in [4.69, 9.17) is 38.4 Å². The van der Waals surface area contributed by atoms with Crippen LogP contribution in [0.1, 0.15) is 31.2 Å². The van der Waals surface area contributed by atoms with Crippen molar-refractivity contribution in [2.24, 2.45) is 5.73 Å². The lowest BCUT2D eigenvalue weighted by Gasteiger charge is -2.43. The van der Waals surface area contributed by atoms with E-state index in [1.54, 1.807) is 43.5 Å². The molecule has 2 saturated heterocycles. The predicted octanol–water partition coefficient (Wildman–Crippen LogP) is 5.13. The highest BCUT2D eigenvalue weighted by Gasteiger charge is 2.42. The second-order valence-corrected chi connectivity index (χ2v) is 14.1. The van der Waals surface area contributed by atoms with Crippen LogP contribution < -0.4 is 15.8 Å². The molecule has 3 aromatic carbocycles. The highest BCUT2D eigenvalue weighted by Crippen LogP contribution is 2.40. The third-order valence-corrected chi connectivity index (χ3v) is 11.4. The third kappa shape index (κ3) is 7.01. The SMILES string of the molecule is COc1cccc(NC2(C(N)=O)CCN(CCOC3(c4ccc(Cl)c(Cl)c4)CCN(S(=O)(=O)c4ccccc4)CC3)CC2)c1. The second kappa shape index (κ2) is 13.6. The lowest BCUT2D eigenvalue weighted by molar-refractivity contribution is -0.124. The van der Waals surface area contributed by atoms with E-state index in [0.29, 0.717) is 80.8 Å². The number of rotatable bonds is 11. The fourth-order valence-corrected chi connectivity index (χ4v) is 7.82. The van der Waals surface area contributed by atoms with Crippen molar-refractivity contribution in [3.8, 4) is 5.75 Å². The van der Waals surface area contributed by atoms with Crippen LogP contribution >= 0.6 is 23.2 Å². The van der Waals surface area contributed by atoms with Gasteiger partial charge in [0.2, 0.25) is 15.9 Å². The summed E-state index contributed by atoms with van der Waals surface area (Å²) in [7, 11) is -2.02. The number of carbonyl (C=O) groups excluding carboxylic acids is 1. The first-order chi connectivity index (χ1) is 21.1. The number of nitrogens with two attached hydrogens (primary N) is 1. The fraction of sp³-hybridized carbons (Fsp3) is 0.406. The van der Waals surface area contributed by atoms with Crippen LogP contribution in [0.25, 0.3) is 0 Å². The zero-order chi connectivity index (χ0) is 31.4. The Morgan fingerprint density at radius 1 is 0.909 bits per heavy atom. The quantitative estimate of drug-likeness (QED) is 0.293. The number of carbonyl (C=O) groups is 1. The van der Waals surface area contributed by atoms with Crippen LogP contribution in [0.15, 0.2) is 77.7 Å². The first-order valence-electron chi connectivity index (χ1n) is 14.7. The lowest BCUT2D eigenvalue weighted by atomic mass is 9.84. The number of hydrogen-bond donors (Lipinski definition) is 2. The van der Waals surface area contributed by atoms with Crippen molar-refractivity contribution in [1.82, 2.24) is 9.21 Å². The van der Waals surface area contributed by atoms with Gasteiger partial charge < -0.3 is 25.4 Å². The molecule has 2 fully saturated rings. The number of halogens is 2. The van der Waals surface area contributed by atoms with Crippen molar-refractivity contribution < 1.29 is 22.7 Å². The summed E-state index contributed by atoms with van der Waals surface area (Å²) in [4.78, 5) is 15.2. The molecule has 236 valence electrons. The molecule has 44 heavy (non-hydrogen) atoms. The molecule has 0 saturated carbocycles. The van der Waals surface area contributed by atoms with Crippen LogP contribution in [-0.2, 0) is 25.2 Å². The Hall–Kier alpha value is -2.86. The van der Waals surface area contributed by atoms with Gasteiger partial charge in [0.05, 0.1) is 34.3 Å². The van der Waals surface area contributed by atoms with Gasteiger partial charge in [-0.3, -0.25) is 4.79 Å². The molecule has 0 aromatic heterocycles. The maximum Gasteiger partial charge on any atom is 0.243 e. The number of sulfonamides is 1. The number of nitrogens with one attached hydrogen (secondary N) is 1. The number of piperidine rings is 2. The number of methoxy groups -OCH3 is 1. The van der Waals surface area contributed by atoms with Gasteiger partial charge in [-0.25, -0.2) is 8.42 Å². The fourth-order valence-electron chi connectivity index (χ4n) is 6.06. The van der Waals surface area contributed by atoms with Crippen LogP contribution in [0.5, 0.6) is 5.75 Å². The molecule has 0 radical (unpaired) electrons. The van der Waals surface area contributed by atoms with E-state index in [0.717, 1.165) is 11.3 Å². The average molecular weight is 662 g/mol. The van der Waals surface area contributed by atoms with E-state index in [9.17, 15) is 13.2 Å². The zero-order valence-corrected chi connectivity index (χ0v) is 27.0. The summed E-state index contributed by atoms with van der Waals surface area (Å²) in [6.07, 6.45) is 2.02. The van der Waals surface area contributed by atoms with Crippen molar-refractivity contribution >= 4 is 44.8 Å². The number of likely N-dealkylation sites (tertiary alicyclic amines) is 1. The molecule has 3 N–H and O–H groups in total. The van der Waals surface area contributed by atoms with Gasteiger partial charge in [-0.05, 0) is 67.6 Å². The summed E-state index contributed by atoms with van der Waals surface area (Å²) in [6, 6.07) is 21.4. The van der Waals surface area contributed by atoms with Crippen LogP contribution in [-0.4, -0.2) is 75.5 Å². The molecule has 0 bridgehead atoms. The Balaban J connectivity index is 1.24. The molecule has 2 aliphatic rings. The minimum atomic E-state index is -3.62. The number of primary amides is 1. The summed E-state index contributed by atoms with van der Waals surface area (Å²) in [5, 5.41) is 4.25. The van der Waals surface area contributed by atoms with Crippen LogP contribution in [0.4, 0.5) is 5.69 Å². The van der Waals surface area contributed by atoms with Gasteiger partial charge in [0.15, 0.2) is 0 Å². The molecule has 0 atom stereocenters. The van der Waals surface area contributed by atoms with Gasteiger partial charge in [0.25, 0.3) is 0 Å². The molecule has 0 spiro atoms. The van der Waals surface area contributed by atoms with Crippen molar-refractivity contribution in [2.45, 2.75) is 41.7 Å². The molecule has 9 nitrogen and oxygen atoms in total. The molecule has 0 aliphatic carbocycles. The smallest absolute Gasteiger partial charge is 0.243 e. The van der Waals surface area contributed by atoms with E-state index in [2.05, 4.69) is 10.2 Å². The number of hydrogen-bond acceptors (Lipinski definition) is 7. The van der Waals surface area contributed by atoms with Crippen molar-refractivity contribution in [3.63, 3.8) is 0 Å². The zero-order valence-electron chi connectivity index (χ0n) is 24.7. The summed E-state index contributed by atoms with van der Waals surface area (Å²) in [5.41, 5.74) is 5.97. The first-order valence-corrected chi connectivity index (χ1v) is 16.9. The minimum Gasteiger partial charge on any atom is -0.497 e. The van der Waals surface area contributed by atoms with Crippen LogP contribution in [0, 0.1) is 0 Å². The van der Waals surface area contributed by atoms with E-state index in [-0.39, 0.29) is 10.8 Å². The largest absolute Gasteiger partial charge is 0.497 e. The van der Waals surface area contributed by atoms with Crippen molar-refractivity contribution in [2.75, 3.05) is 51.8 Å². The van der Waals surface area contributed by atoms with E-state index in [1.807, 2.05) is 36.4 Å². The van der Waals surface area contributed by atoms with Gasteiger partial charge in [-0.2, -0.15) is 4.31 Å². The standard InChI is InChI=1S/C32H38Cl2N4O5S/c1-42-26-7-5-6-25(23-26)36-31(30(35)39)12-16-37(17-13-31)20-21-43-32(24-10-11-28(33)29(34)22-24)14-18-38(19-15-32)44(40,41)27-8-3-2-4-9-27/h2-11,22-23,36H,12-21H2,1H3,(H2,35,39).